The van der Waals surface area contributed by atoms with Crippen molar-refractivity contribution >= 4 is 5.95 Å². The summed E-state index contributed by atoms with van der Waals surface area (Å²) in [7, 11) is 1.47. The quantitative estimate of drug-likeness (QED) is 0.741. The molecule has 0 atom stereocenters. The molecule has 0 saturated carbocycles. The molecule has 0 fully saturated rings. The molecule has 2 N–H and O–H groups in total. The predicted molar refractivity (Wildman–Crippen MR) is 52.7 cm³/mol. The molecule has 0 unspecified atom stereocenters. The average Bonchev–Trinajstić information content (AvgIpc) is 2.63. The number of hydrogen-bond donors (Lipinski definition) is 1. The molecule has 2 aromatic rings. The molecule has 0 aliphatic rings. The zero-order chi connectivity index (χ0) is 10.8. The summed E-state index contributed by atoms with van der Waals surface area (Å²) >= 11 is 0. The van der Waals surface area contributed by atoms with E-state index in [0.717, 1.165) is 5.82 Å². The van der Waals surface area contributed by atoms with Crippen LogP contribution in [0.1, 0.15) is 5.82 Å². The summed E-state index contributed by atoms with van der Waals surface area (Å²) in [5.74, 6) is 1.28. The summed E-state index contributed by atoms with van der Waals surface area (Å²) in [5, 5.41) is 0. The smallest absolute Gasteiger partial charge is 0.322 e. The van der Waals surface area contributed by atoms with Gasteiger partial charge in [-0.15, -0.1) is 0 Å². The molecular formula is C8H10N6O. The van der Waals surface area contributed by atoms with Crippen LogP contribution in [0.3, 0.4) is 0 Å². The summed E-state index contributed by atoms with van der Waals surface area (Å²) in [6.07, 6.45) is 3.39. The van der Waals surface area contributed by atoms with Crippen molar-refractivity contribution in [2.45, 2.75) is 6.92 Å². The zero-order valence-electron chi connectivity index (χ0n) is 8.38. The molecule has 0 aromatic carbocycles. The van der Waals surface area contributed by atoms with E-state index in [9.17, 15) is 0 Å². The van der Waals surface area contributed by atoms with E-state index in [4.69, 9.17) is 10.5 Å². The van der Waals surface area contributed by atoms with Crippen LogP contribution in [0, 0.1) is 6.92 Å². The molecule has 7 nitrogen and oxygen atoms in total. The van der Waals surface area contributed by atoms with Crippen molar-refractivity contribution in [2.24, 2.45) is 0 Å². The third-order valence-electron chi connectivity index (χ3n) is 1.84. The van der Waals surface area contributed by atoms with E-state index in [1.54, 1.807) is 17.0 Å². The Balaban J connectivity index is 2.53. The number of rotatable bonds is 2. The van der Waals surface area contributed by atoms with Gasteiger partial charge in [0, 0.05) is 12.4 Å². The minimum Gasteiger partial charge on any atom is -0.467 e. The Bertz CT molecular complexity index is 480. The molecule has 0 aliphatic heterocycles. The van der Waals surface area contributed by atoms with Gasteiger partial charge in [-0.1, -0.05) is 0 Å². The monoisotopic (exact) mass is 206 g/mol. The second kappa shape index (κ2) is 3.52. The van der Waals surface area contributed by atoms with Crippen LogP contribution in [0.25, 0.3) is 5.95 Å². The summed E-state index contributed by atoms with van der Waals surface area (Å²) in [6.45, 7) is 1.84. The first-order valence-corrected chi connectivity index (χ1v) is 4.26. The highest BCUT2D eigenvalue weighted by atomic mass is 16.5. The van der Waals surface area contributed by atoms with Crippen molar-refractivity contribution in [3.8, 4) is 12.0 Å². The van der Waals surface area contributed by atoms with Gasteiger partial charge in [0.1, 0.15) is 5.82 Å². The van der Waals surface area contributed by atoms with Crippen LogP contribution < -0.4 is 10.5 Å². The van der Waals surface area contributed by atoms with Gasteiger partial charge in [0.15, 0.2) is 0 Å². The van der Waals surface area contributed by atoms with Crippen LogP contribution in [0.5, 0.6) is 6.01 Å². The zero-order valence-corrected chi connectivity index (χ0v) is 8.38. The maximum absolute atomic E-state index is 5.52. The second-order valence-electron chi connectivity index (χ2n) is 2.82. The van der Waals surface area contributed by atoms with Crippen molar-refractivity contribution in [2.75, 3.05) is 12.8 Å². The van der Waals surface area contributed by atoms with Gasteiger partial charge in [-0.05, 0) is 6.92 Å². The van der Waals surface area contributed by atoms with E-state index >= 15 is 0 Å². The van der Waals surface area contributed by atoms with E-state index < -0.39 is 0 Å². The van der Waals surface area contributed by atoms with Gasteiger partial charge in [-0.25, -0.2) is 4.98 Å². The van der Waals surface area contributed by atoms with Crippen LogP contribution in [0.15, 0.2) is 12.4 Å². The second-order valence-corrected chi connectivity index (χ2v) is 2.82. The summed E-state index contributed by atoms with van der Waals surface area (Å²) < 4.78 is 6.59. The molecule has 0 bridgehead atoms. The Morgan fingerprint density at radius 1 is 1.33 bits per heavy atom. The maximum Gasteiger partial charge on any atom is 0.322 e. The Morgan fingerprint density at radius 2 is 2.13 bits per heavy atom. The number of aromatic nitrogens is 5. The highest BCUT2D eigenvalue weighted by Crippen LogP contribution is 2.09. The van der Waals surface area contributed by atoms with Crippen molar-refractivity contribution in [3.63, 3.8) is 0 Å². The number of nitrogens with two attached hydrogens (primary N) is 1. The number of nitrogen functional groups attached to an aromatic ring is 1. The lowest BCUT2D eigenvalue weighted by Gasteiger charge is -2.04. The fourth-order valence-corrected chi connectivity index (χ4v) is 1.15. The molecule has 0 spiro atoms. The molecule has 2 rings (SSSR count). The fraction of sp³-hybridized carbons (Fsp3) is 0.250. The van der Waals surface area contributed by atoms with Gasteiger partial charge in [-0.2, -0.15) is 15.0 Å². The standard InChI is InChI=1S/C8H10N6O/c1-5-10-3-4-14(5)7-11-6(9)12-8(13-7)15-2/h3-4H,1-2H3,(H2,9,11,12,13). The number of nitrogens with zero attached hydrogens (tertiary/aromatic N) is 5. The van der Waals surface area contributed by atoms with E-state index in [1.807, 2.05) is 6.92 Å². The van der Waals surface area contributed by atoms with Gasteiger partial charge in [-0.3, -0.25) is 4.57 Å². The van der Waals surface area contributed by atoms with E-state index in [2.05, 4.69) is 19.9 Å². The summed E-state index contributed by atoms with van der Waals surface area (Å²) in [5.41, 5.74) is 5.52. The normalized spacial score (nSPS) is 10.3. The van der Waals surface area contributed by atoms with Crippen molar-refractivity contribution in [1.82, 2.24) is 24.5 Å². The van der Waals surface area contributed by atoms with Gasteiger partial charge in [0.05, 0.1) is 7.11 Å². The van der Waals surface area contributed by atoms with Crippen LogP contribution in [0.4, 0.5) is 5.95 Å². The first-order chi connectivity index (χ1) is 7.20. The number of methoxy groups -OCH3 is 1. The van der Waals surface area contributed by atoms with Gasteiger partial charge < -0.3 is 10.5 Å². The third-order valence-corrected chi connectivity index (χ3v) is 1.84. The maximum atomic E-state index is 5.52. The number of anilines is 1. The van der Waals surface area contributed by atoms with Crippen molar-refractivity contribution < 1.29 is 4.74 Å². The first-order valence-electron chi connectivity index (χ1n) is 4.26. The van der Waals surface area contributed by atoms with Crippen LogP contribution >= 0.6 is 0 Å². The highest BCUT2D eigenvalue weighted by molar-refractivity contribution is 5.26. The number of ether oxygens (including phenoxy) is 1. The van der Waals surface area contributed by atoms with Crippen LogP contribution in [0.2, 0.25) is 0 Å². The number of hydrogen-bond acceptors (Lipinski definition) is 6. The molecule has 2 heterocycles. The molecule has 0 saturated heterocycles. The third kappa shape index (κ3) is 1.71. The Hall–Kier alpha value is -2.18. The van der Waals surface area contributed by atoms with Crippen molar-refractivity contribution in [1.29, 1.82) is 0 Å². The fourth-order valence-electron chi connectivity index (χ4n) is 1.15. The summed E-state index contributed by atoms with van der Waals surface area (Å²) in [4.78, 5) is 15.9. The van der Waals surface area contributed by atoms with E-state index in [1.165, 1.54) is 7.11 Å². The minimum absolute atomic E-state index is 0.116. The Morgan fingerprint density at radius 3 is 2.73 bits per heavy atom. The molecule has 78 valence electrons. The highest BCUT2D eigenvalue weighted by Gasteiger charge is 2.07. The largest absolute Gasteiger partial charge is 0.467 e. The van der Waals surface area contributed by atoms with Gasteiger partial charge >= 0.3 is 6.01 Å². The number of aryl methyl sites for hydroxylation is 1. The molecule has 0 aliphatic carbocycles. The lowest BCUT2D eigenvalue weighted by molar-refractivity contribution is 0.378. The van der Waals surface area contributed by atoms with Crippen LogP contribution in [-0.2, 0) is 0 Å². The van der Waals surface area contributed by atoms with Gasteiger partial charge in [0.2, 0.25) is 11.9 Å². The minimum atomic E-state index is 0.116. The van der Waals surface area contributed by atoms with E-state index in [-0.39, 0.29) is 12.0 Å². The van der Waals surface area contributed by atoms with Crippen molar-refractivity contribution in [3.05, 3.63) is 18.2 Å². The summed E-state index contributed by atoms with van der Waals surface area (Å²) in [6, 6.07) is 0.186. The Kier molecular flexibility index (Phi) is 2.20. The molecule has 15 heavy (non-hydrogen) atoms. The lowest BCUT2D eigenvalue weighted by Crippen LogP contribution is -2.08. The first kappa shape index (κ1) is 9.38. The molecule has 0 radical (unpaired) electrons. The molecule has 0 amide bonds. The van der Waals surface area contributed by atoms with E-state index in [0.29, 0.717) is 5.95 Å². The van der Waals surface area contributed by atoms with Crippen LogP contribution in [-0.4, -0.2) is 31.6 Å². The lowest BCUT2D eigenvalue weighted by atomic mass is 10.7. The predicted octanol–water partition coefficient (Wildman–Crippen LogP) is -0.0435. The number of imidazole rings is 1. The molecule has 2 aromatic heterocycles. The topological polar surface area (TPSA) is 91.7 Å². The Labute approximate surface area is 86.0 Å². The molecular weight excluding hydrogens is 196 g/mol. The SMILES string of the molecule is COc1nc(N)nc(-n2ccnc2C)n1. The molecule has 7 heteroatoms. The van der Waals surface area contributed by atoms with Gasteiger partial charge in [0.25, 0.3) is 0 Å². The average molecular weight is 206 g/mol.